The van der Waals surface area contributed by atoms with Gasteiger partial charge in [0.05, 0.1) is 18.5 Å². The Labute approximate surface area is 209 Å². The van der Waals surface area contributed by atoms with Crippen molar-refractivity contribution >= 4 is 45.7 Å². The Hall–Kier alpha value is -3.27. The van der Waals surface area contributed by atoms with Crippen LogP contribution < -0.4 is 10.3 Å². The third-order valence-electron chi connectivity index (χ3n) is 5.27. The first kappa shape index (κ1) is 22.5. The van der Waals surface area contributed by atoms with Crippen LogP contribution in [0.5, 0.6) is 5.75 Å². The zero-order valence-corrected chi connectivity index (χ0v) is 20.9. The van der Waals surface area contributed by atoms with Crippen LogP contribution in [0.2, 0.25) is 0 Å². The lowest BCUT2D eigenvalue weighted by Gasteiger charge is -2.13. The molecule has 170 valence electrons. The summed E-state index contributed by atoms with van der Waals surface area (Å²) in [6.07, 6.45) is 3.57. The molecule has 0 amide bonds. The van der Waals surface area contributed by atoms with Crippen molar-refractivity contribution < 1.29 is 4.74 Å². The minimum atomic E-state index is -0.139. The normalized spacial score (nSPS) is 11.1. The van der Waals surface area contributed by atoms with Gasteiger partial charge in [-0.3, -0.25) is 18.9 Å². The minimum absolute atomic E-state index is 0.139. The Morgan fingerprint density at radius 2 is 1.88 bits per heavy atom. The van der Waals surface area contributed by atoms with Crippen LogP contribution in [0, 0.1) is 10.9 Å². The van der Waals surface area contributed by atoms with Crippen molar-refractivity contribution in [3.05, 3.63) is 98.5 Å². The first-order chi connectivity index (χ1) is 16.5. The van der Waals surface area contributed by atoms with Crippen molar-refractivity contribution in [3.63, 3.8) is 0 Å². The topological polar surface area (TPSA) is 61.9 Å². The molecule has 0 bridgehead atoms. The zero-order valence-electron chi connectivity index (χ0n) is 18.5. The van der Waals surface area contributed by atoms with Crippen LogP contribution in [0.3, 0.4) is 0 Å². The number of aromatic nitrogens is 4. The number of thioether (sulfide) groups is 1. The summed E-state index contributed by atoms with van der Waals surface area (Å²) in [5.74, 6) is 1.33. The molecule has 5 rings (SSSR count). The molecule has 0 saturated heterocycles. The quantitative estimate of drug-likeness (QED) is 0.161. The Balaban J connectivity index is 1.73. The fourth-order valence-corrected chi connectivity index (χ4v) is 5.80. The van der Waals surface area contributed by atoms with Crippen LogP contribution in [0.4, 0.5) is 0 Å². The first-order valence-corrected chi connectivity index (χ1v) is 12.7. The van der Waals surface area contributed by atoms with Crippen molar-refractivity contribution in [2.75, 3.05) is 7.11 Å². The van der Waals surface area contributed by atoms with E-state index in [9.17, 15) is 4.79 Å². The molecule has 0 saturated carbocycles. The molecule has 9 heteroatoms. The molecule has 0 N–H and O–H groups in total. The monoisotopic (exact) mass is 504 g/mol. The van der Waals surface area contributed by atoms with Crippen LogP contribution in [0.15, 0.2) is 83.0 Å². The van der Waals surface area contributed by atoms with E-state index in [4.69, 9.17) is 21.9 Å². The second-order valence-corrected chi connectivity index (χ2v) is 10.2. The standard InChI is InChI=1S/C25H20N4O2S3/c1-16-8-10-18(11-9-16)29-23(30)21-22(27-24(29)33-15-17-5-4-12-26-14-17)28(25(32)34-21)19-6-3-7-20(13-19)31-2/h3-14H,15H2,1-2H3. The van der Waals surface area contributed by atoms with E-state index in [0.29, 0.717) is 31.0 Å². The summed E-state index contributed by atoms with van der Waals surface area (Å²) in [5.41, 5.74) is 4.15. The average Bonchev–Trinajstić information content (AvgIpc) is 3.20. The van der Waals surface area contributed by atoms with Gasteiger partial charge < -0.3 is 4.74 Å². The predicted molar refractivity (Wildman–Crippen MR) is 140 cm³/mol. The van der Waals surface area contributed by atoms with Crippen molar-refractivity contribution in [2.24, 2.45) is 0 Å². The molecular formula is C25H20N4O2S3. The number of hydrogen-bond donors (Lipinski definition) is 0. The Bertz CT molecular complexity index is 1590. The van der Waals surface area contributed by atoms with Crippen LogP contribution in [-0.4, -0.2) is 26.2 Å². The fourth-order valence-electron chi connectivity index (χ4n) is 3.56. The first-order valence-electron chi connectivity index (χ1n) is 10.5. The van der Waals surface area contributed by atoms with Gasteiger partial charge >= 0.3 is 0 Å². The van der Waals surface area contributed by atoms with Gasteiger partial charge in [-0.15, -0.1) is 0 Å². The summed E-state index contributed by atoms with van der Waals surface area (Å²) in [4.78, 5) is 23.0. The van der Waals surface area contributed by atoms with E-state index in [2.05, 4.69) is 4.98 Å². The number of benzene rings is 2. The third kappa shape index (κ3) is 4.29. The largest absolute Gasteiger partial charge is 0.497 e. The molecule has 5 aromatic rings. The maximum atomic E-state index is 13.8. The lowest BCUT2D eigenvalue weighted by molar-refractivity contribution is 0.414. The maximum absolute atomic E-state index is 13.8. The van der Waals surface area contributed by atoms with E-state index < -0.39 is 0 Å². The second-order valence-electron chi connectivity index (χ2n) is 7.58. The highest BCUT2D eigenvalue weighted by Gasteiger charge is 2.19. The highest BCUT2D eigenvalue weighted by Crippen LogP contribution is 2.29. The number of ether oxygens (including phenoxy) is 1. The fraction of sp³-hybridized carbons (Fsp3) is 0.120. The van der Waals surface area contributed by atoms with Crippen LogP contribution in [0.25, 0.3) is 21.7 Å². The summed E-state index contributed by atoms with van der Waals surface area (Å²) in [6.45, 7) is 2.02. The van der Waals surface area contributed by atoms with E-state index in [1.807, 2.05) is 78.4 Å². The maximum Gasteiger partial charge on any atom is 0.278 e. The van der Waals surface area contributed by atoms with Gasteiger partial charge in [0.2, 0.25) is 0 Å². The number of rotatable bonds is 6. The lowest BCUT2D eigenvalue weighted by atomic mass is 10.2. The summed E-state index contributed by atoms with van der Waals surface area (Å²) < 4.78 is 9.96. The van der Waals surface area contributed by atoms with Gasteiger partial charge in [-0.2, -0.15) is 0 Å². The highest BCUT2D eigenvalue weighted by atomic mass is 32.2. The van der Waals surface area contributed by atoms with E-state index in [0.717, 1.165) is 22.5 Å². The highest BCUT2D eigenvalue weighted by molar-refractivity contribution is 7.98. The number of aryl methyl sites for hydroxylation is 1. The van der Waals surface area contributed by atoms with Crippen molar-refractivity contribution in [2.45, 2.75) is 17.8 Å². The number of methoxy groups -OCH3 is 1. The third-order valence-corrected chi connectivity index (χ3v) is 7.63. The summed E-state index contributed by atoms with van der Waals surface area (Å²) in [6, 6.07) is 19.4. The van der Waals surface area contributed by atoms with Crippen molar-refractivity contribution in [1.82, 2.24) is 19.1 Å². The number of pyridine rings is 1. The molecule has 34 heavy (non-hydrogen) atoms. The van der Waals surface area contributed by atoms with Gasteiger partial charge in [-0.05, 0) is 55.0 Å². The number of fused-ring (bicyclic) bond motifs is 1. The number of nitrogens with zero attached hydrogens (tertiary/aromatic N) is 4. The van der Waals surface area contributed by atoms with Crippen LogP contribution in [-0.2, 0) is 5.75 Å². The van der Waals surface area contributed by atoms with Gasteiger partial charge in [0, 0.05) is 24.2 Å². The van der Waals surface area contributed by atoms with Gasteiger partial charge in [0.1, 0.15) is 10.4 Å². The summed E-state index contributed by atoms with van der Waals surface area (Å²) in [5, 5.41) is 0.592. The SMILES string of the molecule is COc1cccc(-n2c(=S)sc3c(=O)n(-c4ccc(C)cc4)c(SCc4cccnc4)nc32)c1. The van der Waals surface area contributed by atoms with Crippen LogP contribution in [0.1, 0.15) is 11.1 Å². The predicted octanol–water partition coefficient (Wildman–Crippen LogP) is 5.97. The van der Waals surface area contributed by atoms with Crippen LogP contribution >= 0.6 is 35.3 Å². The average molecular weight is 505 g/mol. The Morgan fingerprint density at radius 1 is 1.06 bits per heavy atom. The number of thiazole rings is 1. The summed E-state index contributed by atoms with van der Waals surface area (Å²) in [7, 11) is 1.62. The molecule has 0 unspecified atom stereocenters. The second kappa shape index (κ2) is 9.54. The van der Waals surface area contributed by atoms with Crippen molar-refractivity contribution in [1.29, 1.82) is 0 Å². The van der Waals surface area contributed by atoms with Gasteiger partial charge in [-0.1, -0.05) is 52.9 Å². The van der Waals surface area contributed by atoms with Gasteiger partial charge in [0.25, 0.3) is 5.56 Å². The van der Waals surface area contributed by atoms with E-state index in [1.165, 1.54) is 23.1 Å². The molecule has 0 spiro atoms. The Kier molecular flexibility index (Phi) is 6.32. The molecule has 0 radical (unpaired) electrons. The Morgan fingerprint density at radius 3 is 2.62 bits per heavy atom. The summed E-state index contributed by atoms with van der Waals surface area (Å²) >= 11 is 8.44. The lowest BCUT2D eigenvalue weighted by Crippen LogP contribution is -2.21. The smallest absolute Gasteiger partial charge is 0.278 e. The molecule has 0 atom stereocenters. The minimum Gasteiger partial charge on any atom is -0.497 e. The zero-order chi connectivity index (χ0) is 23.7. The van der Waals surface area contributed by atoms with Gasteiger partial charge in [0.15, 0.2) is 14.8 Å². The molecule has 2 aromatic carbocycles. The molecule has 0 fully saturated rings. The number of hydrogen-bond acceptors (Lipinski definition) is 7. The van der Waals surface area contributed by atoms with E-state index in [-0.39, 0.29) is 5.56 Å². The molecule has 0 aliphatic carbocycles. The van der Waals surface area contributed by atoms with Gasteiger partial charge in [-0.25, -0.2) is 4.98 Å². The van der Waals surface area contributed by atoms with E-state index >= 15 is 0 Å². The molecule has 6 nitrogen and oxygen atoms in total. The molecule has 0 aliphatic rings. The molecule has 3 heterocycles. The molecule has 3 aromatic heterocycles. The molecular weight excluding hydrogens is 485 g/mol. The molecule has 0 aliphatic heterocycles. The van der Waals surface area contributed by atoms with E-state index in [1.54, 1.807) is 17.9 Å². The van der Waals surface area contributed by atoms with Crippen molar-refractivity contribution in [3.8, 4) is 17.1 Å².